The molecule has 0 spiro atoms. The van der Waals surface area contributed by atoms with Crippen LogP contribution in [0.5, 0.6) is 17.2 Å². The molecule has 1 fully saturated rings. The second-order valence-corrected chi connectivity index (χ2v) is 10.6. The van der Waals surface area contributed by atoms with Crippen LogP contribution in [-0.2, 0) is 30.4 Å². The first-order valence-corrected chi connectivity index (χ1v) is 14.7. The Labute approximate surface area is 243 Å². The Morgan fingerprint density at radius 2 is 1.71 bits per heavy atom. The highest BCUT2D eigenvalue weighted by Gasteiger charge is 2.22. The van der Waals surface area contributed by atoms with Crippen LogP contribution >= 0.6 is 0 Å². The predicted octanol–water partition coefficient (Wildman–Crippen LogP) is 6.03. The molecule has 2 amide bonds. The number of amides is 2. The zero-order valence-corrected chi connectivity index (χ0v) is 24.8. The van der Waals surface area contributed by atoms with E-state index in [1.165, 1.54) is 19.3 Å². The molecule has 1 aliphatic rings. The maximum atomic E-state index is 13.4. The topological polar surface area (TPSA) is 114 Å². The SMILES string of the molecule is CCOCCCN(Cc1cc(Oc2c(C)cc(NC(=O)C(=O)OCC)cc2C)ccc1O)C(=O)CC1CCCCC1. The van der Waals surface area contributed by atoms with Gasteiger partial charge < -0.3 is 29.5 Å². The van der Waals surface area contributed by atoms with E-state index in [-0.39, 0.29) is 24.8 Å². The third-order valence-electron chi connectivity index (χ3n) is 7.27. The highest BCUT2D eigenvalue weighted by atomic mass is 16.5. The van der Waals surface area contributed by atoms with Gasteiger partial charge in [0.05, 0.1) is 6.61 Å². The molecule has 224 valence electrons. The molecule has 0 aliphatic heterocycles. The summed E-state index contributed by atoms with van der Waals surface area (Å²) in [5.41, 5.74) is 2.55. The lowest BCUT2D eigenvalue weighted by atomic mass is 9.86. The van der Waals surface area contributed by atoms with E-state index >= 15 is 0 Å². The van der Waals surface area contributed by atoms with Crippen molar-refractivity contribution in [1.29, 1.82) is 0 Å². The first-order chi connectivity index (χ1) is 19.7. The van der Waals surface area contributed by atoms with E-state index in [4.69, 9.17) is 14.2 Å². The second-order valence-electron chi connectivity index (χ2n) is 10.6. The molecule has 2 aromatic rings. The van der Waals surface area contributed by atoms with E-state index in [0.29, 0.717) is 54.8 Å². The number of aromatic hydroxyl groups is 1. The van der Waals surface area contributed by atoms with Crippen LogP contribution in [0.15, 0.2) is 30.3 Å². The van der Waals surface area contributed by atoms with Crippen molar-refractivity contribution < 1.29 is 33.7 Å². The number of benzene rings is 2. The molecule has 0 radical (unpaired) electrons. The summed E-state index contributed by atoms with van der Waals surface area (Å²) in [5.74, 6) is -0.0477. The molecule has 0 unspecified atom stereocenters. The van der Waals surface area contributed by atoms with Crippen molar-refractivity contribution in [3.8, 4) is 17.2 Å². The minimum absolute atomic E-state index is 0.100. The number of hydrogen-bond acceptors (Lipinski definition) is 7. The summed E-state index contributed by atoms with van der Waals surface area (Å²) in [7, 11) is 0. The zero-order valence-electron chi connectivity index (χ0n) is 24.8. The van der Waals surface area contributed by atoms with Crippen molar-refractivity contribution in [3.05, 3.63) is 47.0 Å². The molecule has 1 saturated carbocycles. The van der Waals surface area contributed by atoms with Crippen LogP contribution in [-0.4, -0.2) is 54.2 Å². The molecule has 9 nitrogen and oxygen atoms in total. The number of nitrogens with one attached hydrogen (secondary N) is 1. The Morgan fingerprint density at radius 1 is 1.00 bits per heavy atom. The first kappa shape index (κ1) is 31.9. The van der Waals surface area contributed by atoms with Gasteiger partial charge in [0.1, 0.15) is 17.2 Å². The van der Waals surface area contributed by atoms with Crippen LogP contribution in [0.3, 0.4) is 0 Å². The Bertz CT molecular complexity index is 1170. The molecule has 0 heterocycles. The van der Waals surface area contributed by atoms with Crippen LogP contribution in [0.25, 0.3) is 0 Å². The van der Waals surface area contributed by atoms with E-state index < -0.39 is 11.9 Å². The van der Waals surface area contributed by atoms with Crippen molar-refractivity contribution in [3.63, 3.8) is 0 Å². The van der Waals surface area contributed by atoms with Crippen LogP contribution < -0.4 is 10.1 Å². The maximum absolute atomic E-state index is 13.4. The number of carbonyl (C=O) groups is 3. The summed E-state index contributed by atoms with van der Waals surface area (Å²) >= 11 is 0. The first-order valence-electron chi connectivity index (χ1n) is 14.7. The maximum Gasteiger partial charge on any atom is 0.397 e. The minimum Gasteiger partial charge on any atom is -0.508 e. The number of aryl methyl sites for hydroxylation is 2. The van der Waals surface area contributed by atoms with Crippen molar-refractivity contribution in [2.45, 2.75) is 79.2 Å². The van der Waals surface area contributed by atoms with Crippen molar-refractivity contribution in [2.75, 3.05) is 31.7 Å². The molecule has 0 bridgehead atoms. The normalized spacial score (nSPS) is 13.5. The third kappa shape index (κ3) is 9.78. The van der Waals surface area contributed by atoms with Gasteiger partial charge in [-0.25, -0.2) is 4.79 Å². The Morgan fingerprint density at radius 3 is 2.37 bits per heavy atom. The number of esters is 1. The number of rotatable bonds is 13. The largest absolute Gasteiger partial charge is 0.508 e. The Balaban J connectivity index is 1.74. The summed E-state index contributed by atoms with van der Waals surface area (Å²) in [6, 6.07) is 8.44. The van der Waals surface area contributed by atoms with E-state index in [2.05, 4.69) is 5.32 Å². The lowest BCUT2D eigenvalue weighted by Crippen LogP contribution is -2.33. The van der Waals surface area contributed by atoms with Crippen LogP contribution in [0.2, 0.25) is 0 Å². The van der Waals surface area contributed by atoms with Crippen LogP contribution in [0.1, 0.15) is 75.5 Å². The molecule has 2 N–H and O–H groups in total. The molecule has 2 aromatic carbocycles. The number of carbonyl (C=O) groups excluding carboxylic acids is 3. The molecule has 41 heavy (non-hydrogen) atoms. The quantitative estimate of drug-likeness (QED) is 0.172. The van der Waals surface area contributed by atoms with Gasteiger partial charge in [0.2, 0.25) is 5.91 Å². The van der Waals surface area contributed by atoms with Crippen LogP contribution in [0.4, 0.5) is 5.69 Å². The van der Waals surface area contributed by atoms with Gasteiger partial charge in [-0.3, -0.25) is 9.59 Å². The van der Waals surface area contributed by atoms with Gasteiger partial charge in [-0.2, -0.15) is 0 Å². The lowest BCUT2D eigenvalue weighted by Gasteiger charge is -2.27. The van der Waals surface area contributed by atoms with E-state index in [9.17, 15) is 19.5 Å². The number of nitrogens with zero attached hydrogens (tertiary/aromatic N) is 1. The van der Waals surface area contributed by atoms with Crippen LogP contribution in [0, 0.1) is 19.8 Å². The molecule has 1 aliphatic carbocycles. The van der Waals surface area contributed by atoms with Crippen molar-refractivity contribution >= 4 is 23.5 Å². The summed E-state index contributed by atoms with van der Waals surface area (Å²) in [5, 5.41) is 13.2. The molecule has 0 saturated heterocycles. The van der Waals surface area contributed by atoms with Gasteiger partial charge in [0.15, 0.2) is 0 Å². The van der Waals surface area contributed by atoms with Gasteiger partial charge >= 0.3 is 11.9 Å². The summed E-state index contributed by atoms with van der Waals surface area (Å²) < 4.78 is 16.5. The minimum atomic E-state index is -0.941. The second kappa shape index (κ2) is 16.0. The Kier molecular flexibility index (Phi) is 12.5. The van der Waals surface area contributed by atoms with Gasteiger partial charge in [0, 0.05) is 44.0 Å². The van der Waals surface area contributed by atoms with E-state index in [1.807, 2.05) is 25.7 Å². The Hall–Kier alpha value is -3.59. The predicted molar refractivity (Wildman–Crippen MR) is 157 cm³/mol. The van der Waals surface area contributed by atoms with Crippen molar-refractivity contribution in [2.24, 2.45) is 5.92 Å². The van der Waals surface area contributed by atoms with Gasteiger partial charge in [-0.1, -0.05) is 19.3 Å². The average Bonchev–Trinajstić information content (AvgIpc) is 2.94. The number of anilines is 1. The van der Waals surface area contributed by atoms with Gasteiger partial charge in [-0.15, -0.1) is 0 Å². The summed E-state index contributed by atoms with van der Waals surface area (Å²) in [6.07, 6.45) is 7.04. The fourth-order valence-corrected chi connectivity index (χ4v) is 5.20. The molecule has 0 atom stereocenters. The number of phenolic OH excluding ortho intramolecular Hbond substituents is 1. The fourth-order valence-electron chi connectivity index (χ4n) is 5.20. The van der Waals surface area contributed by atoms with E-state index in [1.54, 1.807) is 37.3 Å². The fraction of sp³-hybridized carbons (Fsp3) is 0.531. The highest BCUT2D eigenvalue weighted by Crippen LogP contribution is 2.34. The zero-order chi connectivity index (χ0) is 29.8. The van der Waals surface area contributed by atoms with Gasteiger partial charge in [0.25, 0.3) is 0 Å². The van der Waals surface area contributed by atoms with Gasteiger partial charge in [-0.05, 0) is 94.3 Å². The monoisotopic (exact) mass is 568 g/mol. The van der Waals surface area contributed by atoms with E-state index in [0.717, 1.165) is 30.4 Å². The third-order valence-corrected chi connectivity index (χ3v) is 7.27. The number of ether oxygens (including phenoxy) is 3. The molecule has 0 aromatic heterocycles. The highest BCUT2D eigenvalue weighted by molar-refractivity contribution is 6.37. The lowest BCUT2D eigenvalue weighted by molar-refractivity contribution is -0.152. The smallest absolute Gasteiger partial charge is 0.397 e. The molecular weight excluding hydrogens is 524 g/mol. The number of hydrogen-bond donors (Lipinski definition) is 2. The standard InChI is InChI=1S/C32H44N2O7/c1-5-39-16-10-15-34(29(36)19-24-11-8-7-9-12-24)21-25-20-27(13-14-28(25)35)41-30-22(3)17-26(18-23(30)4)33-31(37)32(38)40-6-2/h13-14,17-18,20,24,35H,5-12,15-16,19,21H2,1-4H3,(H,33,37). The summed E-state index contributed by atoms with van der Waals surface area (Å²) in [4.78, 5) is 38.9. The average molecular weight is 569 g/mol. The molecular formula is C32H44N2O7. The summed E-state index contributed by atoms with van der Waals surface area (Å²) in [6.45, 7) is 9.42. The van der Waals surface area contributed by atoms with Crippen molar-refractivity contribution in [1.82, 2.24) is 4.90 Å². The molecule has 9 heteroatoms. The number of phenols is 1. The molecule has 3 rings (SSSR count).